The molecule has 1 aliphatic heterocycles. The van der Waals surface area contributed by atoms with Crippen molar-refractivity contribution >= 4 is 17.6 Å². The van der Waals surface area contributed by atoms with E-state index >= 15 is 0 Å². The van der Waals surface area contributed by atoms with Crippen LogP contribution in [0.4, 0.5) is 5.69 Å². The van der Waals surface area contributed by atoms with Crippen LogP contribution >= 0.6 is 0 Å². The molecule has 1 aliphatic rings. The Morgan fingerprint density at radius 3 is 2.55 bits per heavy atom. The molecule has 1 amide bonds. The molecule has 1 unspecified atom stereocenters. The van der Waals surface area contributed by atoms with Crippen LogP contribution in [-0.4, -0.2) is 29.1 Å². The third kappa shape index (κ3) is 3.10. The van der Waals surface area contributed by atoms with Crippen molar-refractivity contribution in [2.75, 3.05) is 4.90 Å². The first-order valence-electron chi connectivity index (χ1n) is 6.80. The van der Waals surface area contributed by atoms with Gasteiger partial charge >= 0.3 is 5.97 Å². The SMILES string of the molecule is CC(C)Oc1ccc(N2C(=O)CCCC2C(=O)O)cc1. The second-order valence-corrected chi connectivity index (χ2v) is 5.17. The second-order valence-electron chi connectivity index (χ2n) is 5.17. The first kappa shape index (κ1) is 14.4. The highest BCUT2D eigenvalue weighted by Gasteiger charge is 2.34. The fourth-order valence-corrected chi connectivity index (χ4v) is 2.39. The summed E-state index contributed by atoms with van der Waals surface area (Å²) in [4.78, 5) is 24.7. The highest BCUT2D eigenvalue weighted by molar-refractivity contribution is 6.00. The molecule has 0 spiro atoms. The summed E-state index contributed by atoms with van der Waals surface area (Å²) in [5.74, 6) is -0.387. The molecule has 1 saturated heterocycles. The van der Waals surface area contributed by atoms with E-state index in [1.54, 1.807) is 24.3 Å². The number of nitrogens with zero attached hydrogens (tertiary/aromatic N) is 1. The van der Waals surface area contributed by atoms with Gasteiger partial charge in [-0.1, -0.05) is 0 Å². The minimum absolute atomic E-state index is 0.0734. The third-order valence-electron chi connectivity index (χ3n) is 3.22. The van der Waals surface area contributed by atoms with Gasteiger partial charge in [-0.3, -0.25) is 9.69 Å². The largest absolute Gasteiger partial charge is 0.491 e. The van der Waals surface area contributed by atoms with Crippen molar-refractivity contribution in [3.05, 3.63) is 24.3 Å². The summed E-state index contributed by atoms with van der Waals surface area (Å²) in [5.41, 5.74) is 0.609. The van der Waals surface area contributed by atoms with E-state index in [1.807, 2.05) is 13.8 Å². The minimum Gasteiger partial charge on any atom is -0.491 e. The van der Waals surface area contributed by atoms with Crippen LogP contribution in [0.3, 0.4) is 0 Å². The molecule has 0 aromatic heterocycles. The number of carbonyl (C=O) groups excluding carboxylic acids is 1. The topological polar surface area (TPSA) is 66.8 Å². The number of anilines is 1. The molecule has 1 N–H and O–H groups in total. The normalized spacial score (nSPS) is 19.2. The van der Waals surface area contributed by atoms with Gasteiger partial charge in [-0.25, -0.2) is 4.79 Å². The van der Waals surface area contributed by atoms with Gasteiger partial charge in [-0.15, -0.1) is 0 Å². The Labute approximate surface area is 118 Å². The van der Waals surface area contributed by atoms with E-state index in [0.29, 0.717) is 30.7 Å². The lowest BCUT2D eigenvalue weighted by Crippen LogP contribution is -2.48. The molecule has 2 rings (SSSR count). The van der Waals surface area contributed by atoms with Crippen molar-refractivity contribution in [3.8, 4) is 5.75 Å². The van der Waals surface area contributed by atoms with E-state index in [9.17, 15) is 14.7 Å². The van der Waals surface area contributed by atoms with E-state index in [1.165, 1.54) is 4.90 Å². The maximum atomic E-state index is 12.0. The van der Waals surface area contributed by atoms with Crippen LogP contribution in [-0.2, 0) is 9.59 Å². The van der Waals surface area contributed by atoms with Crippen LogP contribution in [0.5, 0.6) is 5.75 Å². The zero-order valence-electron chi connectivity index (χ0n) is 11.7. The number of benzene rings is 1. The Balaban J connectivity index is 2.23. The number of hydrogen-bond donors (Lipinski definition) is 1. The number of amides is 1. The summed E-state index contributed by atoms with van der Waals surface area (Å²) in [6.45, 7) is 3.87. The summed E-state index contributed by atoms with van der Waals surface area (Å²) in [7, 11) is 0. The molecular weight excluding hydrogens is 258 g/mol. The molecular formula is C15H19NO4. The van der Waals surface area contributed by atoms with E-state index in [4.69, 9.17) is 4.74 Å². The molecule has 1 atom stereocenters. The zero-order valence-corrected chi connectivity index (χ0v) is 11.7. The van der Waals surface area contributed by atoms with Gasteiger partial charge in [0.25, 0.3) is 0 Å². The van der Waals surface area contributed by atoms with Gasteiger partial charge in [0.05, 0.1) is 6.10 Å². The molecule has 1 fully saturated rings. The van der Waals surface area contributed by atoms with Crippen LogP contribution in [0.1, 0.15) is 33.1 Å². The molecule has 108 valence electrons. The third-order valence-corrected chi connectivity index (χ3v) is 3.22. The molecule has 0 aliphatic carbocycles. The summed E-state index contributed by atoms with van der Waals surface area (Å²) < 4.78 is 5.54. The molecule has 0 saturated carbocycles. The average Bonchev–Trinajstić information content (AvgIpc) is 2.39. The number of carboxylic acid groups (broad SMARTS) is 1. The fraction of sp³-hybridized carbons (Fsp3) is 0.467. The molecule has 0 radical (unpaired) electrons. The fourth-order valence-electron chi connectivity index (χ4n) is 2.39. The number of aliphatic carboxylic acids is 1. The van der Waals surface area contributed by atoms with E-state index < -0.39 is 12.0 Å². The summed E-state index contributed by atoms with van der Waals surface area (Å²) in [6, 6.07) is 6.22. The van der Waals surface area contributed by atoms with Gasteiger partial charge in [0.15, 0.2) is 0 Å². The van der Waals surface area contributed by atoms with Crippen LogP contribution in [0.25, 0.3) is 0 Å². The lowest BCUT2D eigenvalue weighted by atomic mass is 10.0. The van der Waals surface area contributed by atoms with Crippen LogP contribution < -0.4 is 9.64 Å². The Morgan fingerprint density at radius 1 is 1.35 bits per heavy atom. The molecule has 1 aromatic rings. The highest BCUT2D eigenvalue weighted by Crippen LogP contribution is 2.27. The molecule has 0 bridgehead atoms. The van der Waals surface area contributed by atoms with Crippen molar-refractivity contribution in [3.63, 3.8) is 0 Å². The predicted molar refractivity (Wildman–Crippen MR) is 75.0 cm³/mol. The second kappa shape index (κ2) is 5.94. The first-order chi connectivity index (χ1) is 9.49. The van der Waals surface area contributed by atoms with E-state index in [-0.39, 0.29) is 12.0 Å². The number of hydrogen-bond acceptors (Lipinski definition) is 3. The average molecular weight is 277 g/mol. The van der Waals surface area contributed by atoms with Crippen LogP contribution in [0.2, 0.25) is 0 Å². The highest BCUT2D eigenvalue weighted by atomic mass is 16.5. The summed E-state index contributed by atoms with van der Waals surface area (Å²) in [6.07, 6.45) is 1.59. The van der Waals surface area contributed by atoms with E-state index in [0.717, 1.165) is 0 Å². The van der Waals surface area contributed by atoms with Gasteiger partial charge in [0.1, 0.15) is 11.8 Å². The standard InChI is InChI=1S/C15H19NO4/c1-10(2)20-12-8-6-11(7-9-12)16-13(15(18)19)4-3-5-14(16)17/h6-10,13H,3-5H2,1-2H3,(H,18,19). The maximum Gasteiger partial charge on any atom is 0.326 e. The van der Waals surface area contributed by atoms with Gasteiger partial charge in [0.2, 0.25) is 5.91 Å². The first-order valence-corrected chi connectivity index (χ1v) is 6.80. The molecule has 20 heavy (non-hydrogen) atoms. The van der Waals surface area contributed by atoms with Crippen LogP contribution in [0.15, 0.2) is 24.3 Å². The van der Waals surface area contributed by atoms with Gasteiger partial charge in [-0.05, 0) is 51.0 Å². The minimum atomic E-state index is -0.958. The Hall–Kier alpha value is -2.04. The predicted octanol–water partition coefficient (Wildman–Crippen LogP) is 2.44. The van der Waals surface area contributed by atoms with Gasteiger partial charge < -0.3 is 9.84 Å². The maximum absolute atomic E-state index is 12.0. The smallest absolute Gasteiger partial charge is 0.326 e. The van der Waals surface area contributed by atoms with E-state index in [2.05, 4.69) is 0 Å². The molecule has 1 aromatic carbocycles. The van der Waals surface area contributed by atoms with Crippen LogP contribution in [0, 0.1) is 0 Å². The Bertz CT molecular complexity index is 495. The number of ether oxygens (including phenoxy) is 1. The van der Waals surface area contributed by atoms with Gasteiger partial charge in [0, 0.05) is 12.1 Å². The zero-order chi connectivity index (χ0) is 14.7. The Morgan fingerprint density at radius 2 is 2.00 bits per heavy atom. The Kier molecular flexibility index (Phi) is 4.27. The number of carbonyl (C=O) groups is 2. The quantitative estimate of drug-likeness (QED) is 0.918. The molecule has 1 heterocycles. The summed E-state index contributed by atoms with van der Waals surface area (Å²) >= 11 is 0. The number of carboxylic acids is 1. The summed E-state index contributed by atoms with van der Waals surface area (Å²) in [5, 5.41) is 9.24. The van der Waals surface area contributed by atoms with Crippen molar-refractivity contribution in [1.82, 2.24) is 0 Å². The van der Waals surface area contributed by atoms with Crippen molar-refractivity contribution in [1.29, 1.82) is 0 Å². The monoisotopic (exact) mass is 277 g/mol. The van der Waals surface area contributed by atoms with Crippen molar-refractivity contribution in [2.24, 2.45) is 0 Å². The molecule has 5 heteroatoms. The van der Waals surface area contributed by atoms with Crippen molar-refractivity contribution < 1.29 is 19.4 Å². The lowest BCUT2D eigenvalue weighted by Gasteiger charge is -2.33. The van der Waals surface area contributed by atoms with Crippen molar-refractivity contribution in [2.45, 2.75) is 45.3 Å². The molecule has 5 nitrogen and oxygen atoms in total. The number of rotatable bonds is 4. The number of piperidine rings is 1. The van der Waals surface area contributed by atoms with Gasteiger partial charge in [-0.2, -0.15) is 0 Å². The lowest BCUT2D eigenvalue weighted by molar-refractivity contribution is -0.141.